The van der Waals surface area contributed by atoms with E-state index in [2.05, 4.69) is 22.2 Å². The number of carbonyl (C=O) groups is 2. The highest BCUT2D eigenvalue weighted by molar-refractivity contribution is 7.99. The number of nitrogens with one attached hydrogen (secondary N) is 1. The topological polar surface area (TPSA) is 90.4 Å². The normalized spacial score (nSPS) is 11.5. The third-order valence-corrected chi connectivity index (χ3v) is 5.56. The van der Waals surface area contributed by atoms with Gasteiger partial charge in [-0.15, -0.1) is 0 Å². The quantitative estimate of drug-likeness (QED) is 0.405. The van der Waals surface area contributed by atoms with E-state index in [4.69, 9.17) is 9.47 Å². The van der Waals surface area contributed by atoms with Gasteiger partial charge in [-0.2, -0.15) is 0 Å². The minimum Gasteiger partial charge on any atom is -0.497 e. The predicted molar refractivity (Wildman–Crippen MR) is 119 cm³/mol. The number of amides is 1. The second-order valence-corrected chi connectivity index (χ2v) is 7.99. The van der Waals surface area contributed by atoms with Gasteiger partial charge in [-0.3, -0.25) is 14.6 Å². The van der Waals surface area contributed by atoms with Gasteiger partial charge in [-0.25, -0.2) is 4.98 Å². The lowest BCUT2D eigenvalue weighted by Crippen LogP contribution is -2.14. The Hall–Kier alpha value is -3.39. The third kappa shape index (κ3) is 6.29. The summed E-state index contributed by atoms with van der Waals surface area (Å²) in [6.45, 7) is 3.44. The first-order valence-electron chi connectivity index (χ1n) is 9.61. The lowest BCUT2D eigenvalue weighted by molar-refractivity contribution is -0.142. The lowest BCUT2D eigenvalue weighted by atomic mass is 10.2. The summed E-state index contributed by atoms with van der Waals surface area (Å²) in [6, 6.07) is 14.6. The van der Waals surface area contributed by atoms with E-state index in [9.17, 15) is 9.59 Å². The fourth-order valence-electron chi connectivity index (χ4n) is 2.78. The van der Waals surface area contributed by atoms with Crippen LogP contribution in [-0.2, 0) is 16.1 Å². The maximum atomic E-state index is 12.9. The Morgan fingerprint density at radius 3 is 2.58 bits per heavy atom. The van der Waals surface area contributed by atoms with Crippen molar-refractivity contribution in [2.45, 2.75) is 30.7 Å². The highest BCUT2D eigenvalue weighted by Gasteiger charge is 2.17. The van der Waals surface area contributed by atoms with E-state index >= 15 is 0 Å². The van der Waals surface area contributed by atoms with Gasteiger partial charge in [0.05, 0.1) is 18.4 Å². The molecule has 0 radical (unpaired) electrons. The third-order valence-electron chi connectivity index (χ3n) is 4.39. The van der Waals surface area contributed by atoms with E-state index in [1.807, 2.05) is 24.3 Å². The molecule has 0 aliphatic carbocycles. The highest BCUT2D eigenvalue weighted by atomic mass is 32.2. The number of thioether (sulfide) groups is 1. The number of hydrogen-bond acceptors (Lipinski definition) is 7. The molecule has 2 aromatic heterocycles. The van der Waals surface area contributed by atoms with Crippen LogP contribution in [0.15, 0.2) is 66.0 Å². The van der Waals surface area contributed by atoms with Crippen LogP contribution in [0.2, 0.25) is 0 Å². The molecule has 0 aliphatic heterocycles. The average molecular weight is 438 g/mol. The summed E-state index contributed by atoms with van der Waals surface area (Å²) < 4.78 is 10.2. The first-order valence-corrected chi connectivity index (χ1v) is 10.5. The van der Waals surface area contributed by atoms with E-state index in [1.54, 1.807) is 43.8 Å². The van der Waals surface area contributed by atoms with Crippen molar-refractivity contribution in [1.29, 1.82) is 0 Å². The molecule has 3 rings (SSSR count). The first-order chi connectivity index (χ1) is 15.0. The molecule has 7 nitrogen and oxygen atoms in total. The van der Waals surface area contributed by atoms with Crippen LogP contribution in [-0.4, -0.2) is 29.0 Å². The molecule has 2 heterocycles. The summed E-state index contributed by atoms with van der Waals surface area (Å²) >= 11 is 1.51. The number of anilines is 1. The molecule has 0 bridgehead atoms. The number of methoxy groups -OCH3 is 1. The number of aromatic nitrogens is 2. The van der Waals surface area contributed by atoms with Crippen LogP contribution in [0, 0.1) is 0 Å². The van der Waals surface area contributed by atoms with Crippen molar-refractivity contribution in [2.24, 2.45) is 0 Å². The number of rotatable bonds is 8. The molecule has 0 spiro atoms. The Morgan fingerprint density at radius 2 is 1.87 bits per heavy atom. The molecular formula is C23H23N3O4S. The maximum absolute atomic E-state index is 12.9. The zero-order valence-corrected chi connectivity index (χ0v) is 18.3. The molecule has 0 saturated carbocycles. The fraction of sp³-hybridized carbons (Fsp3) is 0.217. The molecule has 1 aromatic carbocycles. The molecule has 1 atom stereocenters. The smallest absolute Gasteiger partial charge is 0.303 e. The van der Waals surface area contributed by atoms with Crippen LogP contribution in [0.5, 0.6) is 5.75 Å². The number of ether oxygens (including phenoxy) is 2. The Bertz CT molecular complexity index is 1060. The number of esters is 1. The zero-order chi connectivity index (χ0) is 22.2. The van der Waals surface area contributed by atoms with Crippen molar-refractivity contribution in [3.8, 4) is 5.75 Å². The van der Waals surface area contributed by atoms with Crippen molar-refractivity contribution in [3.05, 3.63) is 77.7 Å². The van der Waals surface area contributed by atoms with Gasteiger partial charge in [-0.1, -0.05) is 23.9 Å². The van der Waals surface area contributed by atoms with Crippen LogP contribution in [0.25, 0.3) is 0 Å². The number of benzene rings is 1. The first kappa shape index (κ1) is 22.3. The lowest BCUT2D eigenvalue weighted by Gasteiger charge is -2.14. The Kier molecular flexibility index (Phi) is 7.61. The van der Waals surface area contributed by atoms with E-state index < -0.39 is 0 Å². The second-order valence-electron chi connectivity index (χ2n) is 6.66. The molecule has 1 N–H and O–H groups in total. The van der Waals surface area contributed by atoms with Crippen LogP contribution in [0.3, 0.4) is 0 Å². The molecule has 3 aromatic rings. The van der Waals surface area contributed by atoms with E-state index in [0.29, 0.717) is 22.0 Å². The fourth-order valence-corrected chi connectivity index (χ4v) is 3.81. The average Bonchev–Trinajstić information content (AvgIpc) is 2.78. The molecule has 0 aliphatic rings. The number of nitrogens with zero attached hydrogens (tertiary/aromatic N) is 2. The van der Waals surface area contributed by atoms with Crippen LogP contribution >= 0.6 is 11.8 Å². The molecule has 31 heavy (non-hydrogen) atoms. The van der Waals surface area contributed by atoms with E-state index in [0.717, 1.165) is 11.3 Å². The molecule has 1 amide bonds. The highest BCUT2D eigenvalue weighted by Crippen LogP contribution is 2.36. The molecule has 160 valence electrons. The predicted octanol–water partition coefficient (Wildman–Crippen LogP) is 4.65. The van der Waals surface area contributed by atoms with Gasteiger partial charge < -0.3 is 14.8 Å². The van der Waals surface area contributed by atoms with Gasteiger partial charge in [0.25, 0.3) is 5.91 Å². The largest absolute Gasteiger partial charge is 0.497 e. The van der Waals surface area contributed by atoms with Gasteiger partial charge in [0.15, 0.2) is 0 Å². The number of hydrogen-bond donors (Lipinski definition) is 1. The van der Waals surface area contributed by atoms with Gasteiger partial charge in [0.2, 0.25) is 0 Å². The molecule has 1 unspecified atom stereocenters. The zero-order valence-electron chi connectivity index (χ0n) is 17.5. The Morgan fingerprint density at radius 1 is 1.10 bits per heavy atom. The van der Waals surface area contributed by atoms with Gasteiger partial charge in [0.1, 0.15) is 17.4 Å². The minimum absolute atomic E-state index is 0.0480. The summed E-state index contributed by atoms with van der Waals surface area (Å²) in [7, 11) is 1.63. The van der Waals surface area contributed by atoms with Crippen molar-refractivity contribution >= 4 is 29.3 Å². The standard InChI is InChI=1S/C23H23N3O4S/c1-15(17-6-8-20(29-3)9-7-17)31-23-21(5-4-11-25-23)22(28)26-18-10-12-24-19(13-18)14-30-16(2)27/h4-13,15H,14H2,1-3H3,(H,24,26,28). The van der Waals surface area contributed by atoms with Crippen molar-refractivity contribution in [3.63, 3.8) is 0 Å². The number of pyridine rings is 2. The van der Waals surface area contributed by atoms with Crippen molar-refractivity contribution in [2.75, 3.05) is 12.4 Å². The summed E-state index contributed by atoms with van der Waals surface area (Å²) in [5.41, 5.74) is 2.69. The van der Waals surface area contributed by atoms with Crippen LogP contribution in [0.1, 0.15) is 40.7 Å². The van der Waals surface area contributed by atoms with Crippen LogP contribution < -0.4 is 10.1 Å². The summed E-state index contributed by atoms with van der Waals surface area (Å²) in [5, 5.41) is 3.59. The SMILES string of the molecule is COc1ccc(C(C)Sc2ncccc2C(=O)Nc2ccnc(COC(C)=O)c2)cc1. The maximum Gasteiger partial charge on any atom is 0.303 e. The van der Waals surface area contributed by atoms with E-state index in [-0.39, 0.29) is 23.7 Å². The van der Waals surface area contributed by atoms with Gasteiger partial charge >= 0.3 is 5.97 Å². The summed E-state index contributed by atoms with van der Waals surface area (Å²) in [5.74, 6) is 0.130. The van der Waals surface area contributed by atoms with Crippen LogP contribution in [0.4, 0.5) is 5.69 Å². The number of carbonyl (C=O) groups excluding carboxylic acids is 2. The summed E-state index contributed by atoms with van der Waals surface area (Å²) in [4.78, 5) is 32.5. The van der Waals surface area contributed by atoms with Crippen molar-refractivity contribution in [1.82, 2.24) is 9.97 Å². The van der Waals surface area contributed by atoms with Crippen molar-refractivity contribution < 1.29 is 19.1 Å². The Labute approximate surface area is 185 Å². The molecule has 0 saturated heterocycles. The molecule has 8 heteroatoms. The van der Waals surface area contributed by atoms with E-state index in [1.165, 1.54) is 18.7 Å². The molecule has 0 fully saturated rings. The summed E-state index contributed by atoms with van der Waals surface area (Å²) in [6.07, 6.45) is 3.22. The monoisotopic (exact) mass is 437 g/mol. The molecular weight excluding hydrogens is 414 g/mol. The minimum atomic E-state index is -0.390. The van der Waals surface area contributed by atoms with Gasteiger partial charge in [-0.05, 0) is 48.9 Å². The second kappa shape index (κ2) is 10.6. The Balaban J connectivity index is 1.72. The van der Waals surface area contributed by atoms with Gasteiger partial charge in [0, 0.05) is 30.3 Å².